The zero-order valence-corrected chi connectivity index (χ0v) is 21.7. The highest BCUT2D eigenvalue weighted by molar-refractivity contribution is 14.1. The Labute approximate surface area is 211 Å². The smallest absolute Gasteiger partial charge is 0.262 e. The van der Waals surface area contributed by atoms with Gasteiger partial charge < -0.3 is 14.8 Å². The van der Waals surface area contributed by atoms with Crippen LogP contribution in [0.4, 0.5) is 0 Å². The van der Waals surface area contributed by atoms with Crippen LogP contribution in [-0.4, -0.2) is 37.8 Å². The fourth-order valence-electron chi connectivity index (χ4n) is 2.76. The molecule has 1 atom stereocenters. The number of carbonyl (C=O) groups is 2. The number of amides is 2. The summed E-state index contributed by atoms with van der Waals surface area (Å²) < 4.78 is 11.8. The van der Waals surface area contributed by atoms with E-state index in [2.05, 4.69) is 38.4 Å². The Morgan fingerprint density at radius 3 is 2.50 bits per heavy atom. The number of carbonyl (C=O) groups excluding carboxylic acids is 2. The molecule has 0 saturated heterocycles. The first-order valence-corrected chi connectivity index (χ1v) is 11.6. The first kappa shape index (κ1) is 26.2. The van der Waals surface area contributed by atoms with E-state index in [0.717, 1.165) is 9.13 Å². The van der Waals surface area contributed by atoms with Crippen molar-refractivity contribution in [2.24, 2.45) is 11.0 Å². The van der Waals surface area contributed by atoms with Crippen molar-refractivity contribution in [2.75, 3.05) is 13.7 Å². The van der Waals surface area contributed by atoms with Gasteiger partial charge in [0.05, 0.1) is 33.5 Å². The van der Waals surface area contributed by atoms with Crippen molar-refractivity contribution in [1.82, 2.24) is 10.7 Å². The number of methoxy groups -OCH3 is 1. The molecule has 2 aromatic carbocycles. The Hall–Kier alpha value is -2.04. The fraction of sp³-hybridized carbons (Fsp3) is 0.318. The number of hydrogen-bond acceptors (Lipinski definition) is 5. The summed E-state index contributed by atoms with van der Waals surface area (Å²) in [5.74, 6) is 0.163. The van der Waals surface area contributed by atoms with Crippen LogP contribution in [0.15, 0.2) is 35.4 Å². The fourth-order valence-corrected chi connectivity index (χ4v) is 3.90. The lowest BCUT2D eigenvalue weighted by Crippen LogP contribution is -2.48. The normalized spacial score (nSPS) is 12.0. The van der Waals surface area contributed by atoms with Crippen LogP contribution in [0.2, 0.25) is 10.0 Å². The van der Waals surface area contributed by atoms with Crippen molar-refractivity contribution in [3.63, 3.8) is 0 Å². The SMILES string of the molecule is CCOc1cc(/C=N/NC(=O)C(NC(=O)c2ccc(Cl)c(Cl)c2)C(C)C)cc(I)c1OC. The summed E-state index contributed by atoms with van der Waals surface area (Å²) in [4.78, 5) is 25.2. The number of hydrogen-bond donors (Lipinski definition) is 2. The van der Waals surface area contributed by atoms with Crippen molar-refractivity contribution < 1.29 is 19.1 Å². The maximum absolute atomic E-state index is 12.7. The lowest BCUT2D eigenvalue weighted by atomic mass is 10.0. The third kappa shape index (κ3) is 6.98. The number of rotatable bonds is 9. The largest absolute Gasteiger partial charge is 0.492 e. The van der Waals surface area contributed by atoms with Crippen LogP contribution in [0.5, 0.6) is 11.5 Å². The van der Waals surface area contributed by atoms with E-state index in [1.165, 1.54) is 24.4 Å². The van der Waals surface area contributed by atoms with E-state index in [9.17, 15) is 9.59 Å². The molecular weight excluding hydrogens is 568 g/mol. The standard InChI is InChI=1S/C22H24Cl2IN3O4/c1-5-32-18-9-13(8-17(25)20(18)31-4)11-26-28-22(30)19(12(2)3)27-21(29)14-6-7-15(23)16(24)10-14/h6-12,19H,5H2,1-4H3,(H,27,29)(H,28,30)/b26-11+. The van der Waals surface area contributed by atoms with Crippen LogP contribution >= 0.6 is 45.8 Å². The Morgan fingerprint density at radius 2 is 1.91 bits per heavy atom. The third-order valence-corrected chi connectivity index (χ3v) is 5.88. The van der Waals surface area contributed by atoms with Gasteiger partial charge in [-0.05, 0) is 71.3 Å². The molecular formula is C22H24Cl2IN3O4. The van der Waals surface area contributed by atoms with E-state index in [1.54, 1.807) is 13.2 Å². The highest BCUT2D eigenvalue weighted by atomic mass is 127. The van der Waals surface area contributed by atoms with Crippen molar-refractivity contribution in [2.45, 2.75) is 26.8 Å². The average molecular weight is 592 g/mol. The molecule has 0 aromatic heterocycles. The molecule has 0 spiro atoms. The average Bonchev–Trinajstić information content (AvgIpc) is 2.73. The van der Waals surface area contributed by atoms with Crippen molar-refractivity contribution >= 4 is 63.8 Å². The number of nitrogens with zero attached hydrogens (tertiary/aromatic N) is 1. The Bertz CT molecular complexity index is 1010. The van der Waals surface area contributed by atoms with Gasteiger partial charge in [-0.25, -0.2) is 5.43 Å². The summed E-state index contributed by atoms with van der Waals surface area (Å²) in [6, 6.07) is 7.34. The highest BCUT2D eigenvalue weighted by Gasteiger charge is 2.24. The summed E-state index contributed by atoms with van der Waals surface area (Å²) >= 11 is 14.0. The van der Waals surface area contributed by atoms with Gasteiger partial charge in [0.15, 0.2) is 11.5 Å². The van der Waals surface area contributed by atoms with Crippen LogP contribution in [0, 0.1) is 9.49 Å². The van der Waals surface area contributed by atoms with Crippen molar-refractivity contribution in [3.8, 4) is 11.5 Å². The summed E-state index contributed by atoms with van der Waals surface area (Å²) in [6.45, 7) is 6.01. The van der Waals surface area contributed by atoms with Gasteiger partial charge in [0.25, 0.3) is 11.8 Å². The van der Waals surface area contributed by atoms with E-state index < -0.39 is 17.9 Å². The molecule has 0 heterocycles. The van der Waals surface area contributed by atoms with Crippen molar-refractivity contribution in [3.05, 3.63) is 55.1 Å². The molecule has 10 heteroatoms. The first-order valence-electron chi connectivity index (χ1n) is 9.77. The monoisotopic (exact) mass is 591 g/mol. The Kier molecular flexibility index (Phi) is 10.0. The molecule has 2 rings (SSSR count). The molecule has 1 unspecified atom stereocenters. The zero-order chi connectivity index (χ0) is 23.8. The molecule has 2 N–H and O–H groups in total. The molecule has 0 fully saturated rings. The molecule has 32 heavy (non-hydrogen) atoms. The van der Waals surface area contributed by atoms with Gasteiger partial charge in [-0.1, -0.05) is 37.0 Å². The second-order valence-corrected chi connectivity index (χ2v) is 9.00. The molecule has 0 aliphatic carbocycles. The molecule has 0 bridgehead atoms. The molecule has 7 nitrogen and oxygen atoms in total. The lowest BCUT2D eigenvalue weighted by molar-refractivity contribution is -0.123. The van der Waals surface area contributed by atoms with Crippen LogP contribution < -0.4 is 20.2 Å². The molecule has 2 amide bonds. The molecule has 0 radical (unpaired) electrons. The summed E-state index contributed by atoms with van der Waals surface area (Å²) in [5.41, 5.74) is 3.51. The third-order valence-electron chi connectivity index (χ3n) is 4.34. The second kappa shape index (κ2) is 12.3. The van der Waals surface area contributed by atoms with E-state index in [1.807, 2.05) is 26.8 Å². The van der Waals surface area contributed by atoms with Gasteiger partial charge in [-0.2, -0.15) is 5.10 Å². The Balaban J connectivity index is 2.10. The minimum absolute atomic E-state index is 0.177. The van der Waals surface area contributed by atoms with E-state index in [4.69, 9.17) is 32.7 Å². The van der Waals surface area contributed by atoms with E-state index in [0.29, 0.717) is 28.7 Å². The minimum Gasteiger partial charge on any atom is -0.492 e. The number of hydrazone groups is 1. The predicted molar refractivity (Wildman–Crippen MR) is 135 cm³/mol. The lowest BCUT2D eigenvalue weighted by Gasteiger charge is -2.20. The number of nitrogens with one attached hydrogen (secondary N) is 2. The minimum atomic E-state index is -0.802. The van der Waals surface area contributed by atoms with E-state index >= 15 is 0 Å². The van der Waals surface area contributed by atoms with Crippen LogP contribution in [-0.2, 0) is 4.79 Å². The van der Waals surface area contributed by atoms with Gasteiger partial charge in [0.2, 0.25) is 0 Å². The maximum Gasteiger partial charge on any atom is 0.262 e. The number of halogens is 3. The molecule has 172 valence electrons. The quantitative estimate of drug-likeness (QED) is 0.246. The van der Waals surface area contributed by atoms with Crippen molar-refractivity contribution in [1.29, 1.82) is 0 Å². The van der Waals surface area contributed by atoms with Gasteiger partial charge in [0, 0.05) is 5.56 Å². The van der Waals surface area contributed by atoms with Gasteiger partial charge in [0.1, 0.15) is 6.04 Å². The molecule has 2 aromatic rings. The maximum atomic E-state index is 12.7. The van der Waals surface area contributed by atoms with Gasteiger partial charge in [-0.15, -0.1) is 0 Å². The highest BCUT2D eigenvalue weighted by Crippen LogP contribution is 2.33. The summed E-state index contributed by atoms with van der Waals surface area (Å²) in [6.07, 6.45) is 1.50. The first-order chi connectivity index (χ1) is 15.2. The van der Waals surface area contributed by atoms with Crippen LogP contribution in [0.25, 0.3) is 0 Å². The summed E-state index contributed by atoms with van der Waals surface area (Å²) in [5, 5.41) is 7.35. The number of benzene rings is 2. The van der Waals surface area contributed by atoms with Crippen LogP contribution in [0.1, 0.15) is 36.7 Å². The Morgan fingerprint density at radius 1 is 1.19 bits per heavy atom. The second-order valence-electron chi connectivity index (χ2n) is 7.03. The van der Waals surface area contributed by atoms with E-state index in [-0.39, 0.29) is 10.9 Å². The molecule has 0 aliphatic rings. The summed E-state index contributed by atoms with van der Waals surface area (Å²) in [7, 11) is 1.58. The number of ether oxygens (including phenoxy) is 2. The van der Waals surface area contributed by atoms with Crippen LogP contribution in [0.3, 0.4) is 0 Å². The zero-order valence-electron chi connectivity index (χ0n) is 18.0. The van der Waals surface area contributed by atoms with Gasteiger partial charge in [-0.3, -0.25) is 9.59 Å². The van der Waals surface area contributed by atoms with Gasteiger partial charge >= 0.3 is 0 Å². The molecule has 0 aliphatic heterocycles. The molecule has 0 saturated carbocycles. The predicted octanol–water partition coefficient (Wildman–Crippen LogP) is 4.91. The topological polar surface area (TPSA) is 89.0 Å².